The lowest BCUT2D eigenvalue weighted by molar-refractivity contribution is 0.183. The maximum atomic E-state index is 13.9. The van der Waals surface area contributed by atoms with Crippen LogP contribution in [0.4, 0.5) is 4.39 Å². The summed E-state index contributed by atoms with van der Waals surface area (Å²) in [5.74, 6) is -0.250. The zero-order valence-electron chi connectivity index (χ0n) is 11.4. The van der Waals surface area contributed by atoms with Crippen molar-refractivity contribution in [3.63, 3.8) is 0 Å². The minimum absolute atomic E-state index is 0.0140. The van der Waals surface area contributed by atoms with Gasteiger partial charge >= 0.3 is 0 Å². The Balaban J connectivity index is 2.16. The van der Waals surface area contributed by atoms with Crippen LogP contribution in [0.25, 0.3) is 0 Å². The van der Waals surface area contributed by atoms with Gasteiger partial charge in [-0.1, -0.05) is 45.7 Å². The number of benzene rings is 2. The van der Waals surface area contributed by atoms with E-state index in [4.69, 9.17) is 11.6 Å². The lowest BCUT2D eigenvalue weighted by Crippen LogP contribution is -2.26. The average molecular weight is 373 g/mol. The first-order valence-corrected chi connectivity index (χ1v) is 7.78. The van der Waals surface area contributed by atoms with Gasteiger partial charge in [0, 0.05) is 34.7 Å². The second-order valence-electron chi connectivity index (χ2n) is 4.76. The molecule has 2 rings (SSSR count). The van der Waals surface area contributed by atoms with Gasteiger partial charge in [0.2, 0.25) is 0 Å². The minimum Gasteiger partial charge on any atom is -0.395 e. The van der Waals surface area contributed by atoms with Crippen molar-refractivity contribution in [2.45, 2.75) is 13.1 Å². The van der Waals surface area contributed by atoms with Crippen LogP contribution in [0.15, 0.2) is 46.9 Å². The van der Waals surface area contributed by atoms with Gasteiger partial charge in [-0.15, -0.1) is 0 Å². The quantitative estimate of drug-likeness (QED) is 0.820. The molecule has 0 fully saturated rings. The Hall–Kier alpha value is -0.940. The van der Waals surface area contributed by atoms with Crippen molar-refractivity contribution in [2.24, 2.45) is 0 Å². The number of nitrogens with zero attached hydrogens (tertiary/aromatic N) is 1. The van der Waals surface area contributed by atoms with Gasteiger partial charge in [-0.2, -0.15) is 0 Å². The maximum Gasteiger partial charge on any atom is 0.127 e. The predicted molar refractivity (Wildman–Crippen MR) is 86.8 cm³/mol. The zero-order chi connectivity index (χ0) is 15.2. The summed E-state index contributed by atoms with van der Waals surface area (Å²) in [6.45, 7) is 1.44. The molecule has 21 heavy (non-hydrogen) atoms. The van der Waals surface area contributed by atoms with Gasteiger partial charge in [-0.3, -0.25) is 4.90 Å². The van der Waals surface area contributed by atoms with Gasteiger partial charge in [0.1, 0.15) is 5.82 Å². The zero-order valence-corrected chi connectivity index (χ0v) is 13.7. The molecule has 0 saturated heterocycles. The molecule has 0 bridgehead atoms. The fourth-order valence-electron chi connectivity index (χ4n) is 2.13. The number of halogens is 3. The highest BCUT2D eigenvalue weighted by Gasteiger charge is 2.12. The Morgan fingerprint density at radius 3 is 2.52 bits per heavy atom. The van der Waals surface area contributed by atoms with Crippen LogP contribution in [-0.4, -0.2) is 23.2 Å². The number of hydrogen-bond donors (Lipinski definition) is 1. The van der Waals surface area contributed by atoms with Crippen molar-refractivity contribution in [3.8, 4) is 0 Å². The van der Waals surface area contributed by atoms with E-state index in [1.165, 1.54) is 6.07 Å². The molecular weight excluding hydrogens is 357 g/mol. The Morgan fingerprint density at radius 2 is 1.81 bits per heavy atom. The molecule has 1 N–H and O–H groups in total. The van der Waals surface area contributed by atoms with Gasteiger partial charge in [0.15, 0.2) is 0 Å². The van der Waals surface area contributed by atoms with E-state index >= 15 is 0 Å². The summed E-state index contributed by atoms with van der Waals surface area (Å²) >= 11 is 9.51. The van der Waals surface area contributed by atoms with E-state index in [0.717, 1.165) is 10.0 Å². The van der Waals surface area contributed by atoms with Crippen LogP contribution in [0, 0.1) is 5.82 Å². The van der Waals surface area contributed by atoms with E-state index in [2.05, 4.69) is 15.9 Å². The Morgan fingerprint density at radius 1 is 1.10 bits per heavy atom. The highest BCUT2D eigenvalue weighted by molar-refractivity contribution is 9.10. The van der Waals surface area contributed by atoms with E-state index in [-0.39, 0.29) is 12.4 Å². The van der Waals surface area contributed by atoms with Gasteiger partial charge in [-0.25, -0.2) is 4.39 Å². The van der Waals surface area contributed by atoms with Crippen LogP contribution in [0.5, 0.6) is 0 Å². The summed E-state index contributed by atoms with van der Waals surface area (Å²) in [4.78, 5) is 1.96. The maximum absolute atomic E-state index is 13.9. The normalized spacial score (nSPS) is 11.1. The third kappa shape index (κ3) is 4.78. The molecule has 112 valence electrons. The van der Waals surface area contributed by atoms with Crippen molar-refractivity contribution in [1.82, 2.24) is 4.90 Å². The standard InChI is InChI=1S/C16H16BrClFNO/c17-14-5-6-16(19)13(9-14)11-20(7-8-21)10-12-3-1-2-4-15(12)18/h1-6,9,21H,7-8,10-11H2. The average Bonchev–Trinajstić information content (AvgIpc) is 2.45. The second-order valence-corrected chi connectivity index (χ2v) is 6.08. The van der Waals surface area contributed by atoms with Crippen LogP contribution in [-0.2, 0) is 13.1 Å². The smallest absolute Gasteiger partial charge is 0.127 e. The van der Waals surface area contributed by atoms with Crippen molar-refractivity contribution >= 4 is 27.5 Å². The molecule has 0 amide bonds. The summed E-state index contributed by atoms with van der Waals surface area (Å²) < 4.78 is 14.7. The van der Waals surface area contributed by atoms with E-state index in [9.17, 15) is 9.50 Å². The topological polar surface area (TPSA) is 23.5 Å². The molecule has 0 aliphatic carbocycles. The predicted octanol–water partition coefficient (Wildman–Crippen LogP) is 4.24. The third-order valence-electron chi connectivity index (χ3n) is 3.17. The van der Waals surface area contributed by atoms with Gasteiger partial charge in [0.05, 0.1) is 6.61 Å². The number of aliphatic hydroxyl groups excluding tert-OH is 1. The van der Waals surface area contributed by atoms with Crippen molar-refractivity contribution in [3.05, 3.63) is 68.9 Å². The molecule has 0 aliphatic rings. The Kier molecular flexibility index (Phi) is 6.18. The van der Waals surface area contributed by atoms with Crippen LogP contribution in [0.3, 0.4) is 0 Å². The molecule has 0 unspecified atom stereocenters. The molecule has 2 aromatic carbocycles. The summed E-state index contributed by atoms with van der Waals surface area (Å²) in [6, 6.07) is 12.4. The van der Waals surface area contributed by atoms with E-state index < -0.39 is 0 Å². The molecule has 0 radical (unpaired) electrons. The lowest BCUT2D eigenvalue weighted by Gasteiger charge is -2.22. The van der Waals surface area contributed by atoms with Crippen LogP contribution < -0.4 is 0 Å². The molecule has 0 saturated carbocycles. The highest BCUT2D eigenvalue weighted by atomic mass is 79.9. The largest absolute Gasteiger partial charge is 0.395 e. The van der Waals surface area contributed by atoms with E-state index in [0.29, 0.717) is 30.2 Å². The number of rotatable bonds is 6. The summed E-state index contributed by atoms with van der Waals surface area (Å²) in [5, 5.41) is 9.88. The van der Waals surface area contributed by atoms with Crippen LogP contribution >= 0.6 is 27.5 Å². The fourth-order valence-corrected chi connectivity index (χ4v) is 2.73. The first-order valence-electron chi connectivity index (χ1n) is 6.60. The molecule has 0 heterocycles. The molecule has 0 spiro atoms. The van der Waals surface area contributed by atoms with Crippen molar-refractivity contribution in [1.29, 1.82) is 0 Å². The van der Waals surface area contributed by atoms with Crippen molar-refractivity contribution < 1.29 is 9.50 Å². The molecule has 0 aromatic heterocycles. The van der Waals surface area contributed by atoms with Crippen LogP contribution in [0.1, 0.15) is 11.1 Å². The molecule has 2 aromatic rings. The van der Waals surface area contributed by atoms with Gasteiger partial charge < -0.3 is 5.11 Å². The van der Waals surface area contributed by atoms with Crippen LogP contribution in [0.2, 0.25) is 5.02 Å². The fraction of sp³-hybridized carbons (Fsp3) is 0.250. The minimum atomic E-state index is -0.250. The summed E-state index contributed by atoms with van der Waals surface area (Å²) in [7, 11) is 0. The monoisotopic (exact) mass is 371 g/mol. The summed E-state index contributed by atoms with van der Waals surface area (Å²) in [5.41, 5.74) is 1.55. The summed E-state index contributed by atoms with van der Waals surface area (Å²) in [6.07, 6.45) is 0. The van der Waals surface area contributed by atoms with Gasteiger partial charge in [0.25, 0.3) is 0 Å². The van der Waals surface area contributed by atoms with E-state index in [1.54, 1.807) is 12.1 Å². The lowest BCUT2D eigenvalue weighted by atomic mass is 10.1. The Bertz CT molecular complexity index is 609. The van der Waals surface area contributed by atoms with Crippen molar-refractivity contribution in [2.75, 3.05) is 13.2 Å². The number of aliphatic hydroxyl groups is 1. The molecular formula is C16H16BrClFNO. The molecule has 0 aliphatic heterocycles. The highest BCUT2D eigenvalue weighted by Crippen LogP contribution is 2.21. The number of hydrogen-bond acceptors (Lipinski definition) is 2. The first-order chi connectivity index (χ1) is 10.1. The first kappa shape index (κ1) is 16.4. The molecule has 0 atom stereocenters. The SMILES string of the molecule is OCCN(Cc1cc(Br)ccc1F)Cc1ccccc1Cl. The second kappa shape index (κ2) is 7.90. The molecule has 5 heteroatoms. The van der Waals surface area contributed by atoms with Gasteiger partial charge in [-0.05, 0) is 29.8 Å². The third-order valence-corrected chi connectivity index (χ3v) is 4.03. The molecule has 2 nitrogen and oxygen atoms in total. The Labute approximate surface area is 137 Å². The van der Waals surface area contributed by atoms with E-state index in [1.807, 2.05) is 29.2 Å².